The molecule has 0 saturated carbocycles. The van der Waals surface area contributed by atoms with Crippen LogP contribution in [0.3, 0.4) is 0 Å². The van der Waals surface area contributed by atoms with Crippen molar-refractivity contribution in [2.24, 2.45) is 12.5 Å². The molecule has 36 heavy (non-hydrogen) atoms. The normalized spacial score (nSPS) is 16.4. The van der Waals surface area contributed by atoms with Crippen LogP contribution in [0.5, 0.6) is 11.6 Å². The van der Waals surface area contributed by atoms with Gasteiger partial charge in [-0.15, -0.1) is 5.10 Å². The Morgan fingerprint density at radius 2 is 1.97 bits per heavy atom. The highest BCUT2D eigenvalue weighted by atomic mass is 35.5. The number of aryl methyl sites for hydroxylation is 3. The van der Waals surface area contributed by atoms with Crippen molar-refractivity contribution >= 4 is 22.5 Å². The van der Waals surface area contributed by atoms with E-state index >= 15 is 0 Å². The monoisotopic (exact) mass is 509 g/mol. The lowest BCUT2D eigenvalue weighted by molar-refractivity contribution is -0.120. The molecule has 1 saturated heterocycles. The third-order valence-corrected chi connectivity index (χ3v) is 7.00. The molecule has 0 amide bonds. The van der Waals surface area contributed by atoms with Gasteiger partial charge in [-0.2, -0.15) is 0 Å². The molecule has 4 aromatic rings. The molecule has 0 spiro atoms. The first-order valence-corrected chi connectivity index (χ1v) is 11.9. The number of nitrogens with zero attached hydrogens (tertiary/aromatic N) is 5. The molecule has 1 N–H and O–H groups in total. The van der Waals surface area contributed by atoms with Crippen molar-refractivity contribution in [1.29, 1.82) is 0 Å². The lowest BCUT2D eigenvalue weighted by Gasteiger charge is -2.37. The zero-order chi connectivity index (χ0) is 25.7. The number of halogens is 1. The van der Waals surface area contributed by atoms with E-state index in [1.807, 2.05) is 38.1 Å². The Morgan fingerprint density at radius 1 is 1.19 bits per heavy atom. The molecule has 1 atom stereocenters. The average Bonchev–Trinajstić information content (AvgIpc) is 3.27. The minimum Gasteiger partial charge on any atom is -0.486 e. The van der Waals surface area contributed by atoms with Gasteiger partial charge in [-0.3, -0.25) is 4.98 Å². The van der Waals surface area contributed by atoms with Crippen LogP contribution in [0.25, 0.3) is 10.9 Å². The van der Waals surface area contributed by atoms with E-state index in [0.717, 1.165) is 5.69 Å². The molecule has 0 bridgehead atoms. The summed E-state index contributed by atoms with van der Waals surface area (Å²) < 4.78 is 18.5. The van der Waals surface area contributed by atoms with Gasteiger partial charge >= 0.3 is 0 Å². The summed E-state index contributed by atoms with van der Waals surface area (Å²) in [5.74, 6) is 0.657. The van der Waals surface area contributed by atoms with Crippen molar-refractivity contribution in [3.05, 3.63) is 69.8 Å². The molecular formula is C26H28ClN5O4. The van der Waals surface area contributed by atoms with Gasteiger partial charge in [0.1, 0.15) is 0 Å². The molecule has 1 fully saturated rings. The molecule has 10 heteroatoms. The number of hydrogen-bond acceptors (Lipinski definition) is 8. The molecule has 1 unspecified atom stereocenters. The van der Waals surface area contributed by atoms with Crippen molar-refractivity contribution in [3.8, 4) is 11.6 Å². The zero-order valence-corrected chi connectivity index (χ0v) is 21.6. The number of fused-ring (bicyclic) bond motifs is 1. The summed E-state index contributed by atoms with van der Waals surface area (Å²) in [5.41, 5.74) is 2.13. The number of aromatic nitrogens is 5. The Balaban J connectivity index is 1.69. The Kier molecular flexibility index (Phi) is 6.10. The van der Waals surface area contributed by atoms with Crippen LogP contribution < -0.4 is 9.47 Å². The SMILES string of the molecule is COc1nc2ccc(C(O)(c3ccc(C)nc3C)c3cnnn3C)cc2c(Cl)c1OCC1(C)COC1. The zero-order valence-electron chi connectivity index (χ0n) is 20.9. The van der Waals surface area contributed by atoms with Crippen LogP contribution in [-0.2, 0) is 17.4 Å². The highest BCUT2D eigenvalue weighted by Crippen LogP contribution is 2.43. The quantitative estimate of drug-likeness (QED) is 0.402. The van der Waals surface area contributed by atoms with Gasteiger partial charge in [0.25, 0.3) is 5.88 Å². The van der Waals surface area contributed by atoms with Gasteiger partial charge in [0, 0.05) is 34.8 Å². The molecule has 4 heterocycles. The summed E-state index contributed by atoms with van der Waals surface area (Å²) in [4.78, 5) is 9.20. The topological polar surface area (TPSA) is 104 Å². The standard InChI is InChI=1S/C26H28ClN5O4/c1-15-6-8-19(16(2)29-15)26(33,21-11-28-31-32(21)4)17-7-9-20-18(10-17)22(27)23(24(30-20)34-5)36-14-25(3)12-35-13-25/h6-11,33H,12-14H2,1-5H3. The fourth-order valence-electron chi connectivity index (χ4n) is 4.58. The molecule has 9 nitrogen and oxygen atoms in total. The second kappa shape index (κ2) is 8.99. The molecule has 3 aromatic heterocycles. The van der Waals surface area contributed by atoms with Crippen LogP contribution >= 0.6 is 11.6 Å². The summed E-state index contributed by atoms with van der Waals surface area (Å²) in [6.07, 6.45) is 1.55. The lowest BCUT2D eigenvalue weighted by Crippen LogP contribution is -2.44. The van der Waals surface area contributed by atoms with Crippen LogP contribution in [0.1, 0.15) is 35.1 Å². The third-order valence-electron chi connectivity index (χ3n) is 6.63. The molecule has 5 rings (SSSR count). The van der Waals surface area contributed by atoms with E-state index < -0.39 is 5.60 Å². The highest BCUT2D eigenvalue weighted by Gasteiger charge is 2.39. The predicted octanol–water partition coefficient (Wildman–Crippen LogP) is 3.74. The average molecular weight is 510 g/mol. The molecule has 0 radical (unpaired) electrons. The van der Waals surface area contributed by atoms with Crippen LogP contribution in [-0.4, -0.2) is 57.0 Å². The van der Waals surface area contributed by atoms with E-state index in [4.69, 9.17) is 25.8 Å². The predicted molar refractivity (Wildman–Crippen MR) is 135 cm³/mol. The Labute approximate surface area is 214 Å². The summed E-state index contributed by atoms with van der Waals surface area (Å²) >= 11 is 6.89. The minimum atomic E-state index is -1.60. The van der Waals surface area contributed by atoms with Gasteiger partial charge in [0.15, 0.2) is 5.60 Å². The van der Waals surface area contributed by atoms with Crippen molar-refractivity contribution in [2.45, 2.75) is 26.4 Å². The lowest BCUT2D eigenvalue weighted by atomic mass is 9.82. The van der Waals surface area contributed by atoms with E-state index in [9.17, 15) is 5.11 Å². The van der Waals surface area contributed by atoms with Crippen LogP contribution in [0.2, 0.25) is 5.02 Å². The fourth-order valence-corrected chi connectivity index (χ4v) is 4.87. The maximum atomic E-state index is 12.4. The molecule has 1 aromatic carbocycles. The molecule has 0 aliphatic carbocycles. The maximum Gasteiger partial charge on any atom is 0.258 e. The van der Waals surface area contributed by atoms with E-state index in [1.54, 1.807) is 24.0 Å². The number of aliphatic hydroxyl groups is 1. The maximum absolute atomic E-state index is 12.4. The number of pyridine rings is 2. The van der Waals surface area contributed by atoms with Crippen molar-refractivity contribution in [3.63, 3.8) is 0 Å². The van der Waals surface area contributed by atoms with E-state index in [-0.39, 0.29) is 5.41 Å². The number of ether oxygens (including phenoxy) is 3. The largest absolute Gasteiger partial charge is 0.486 e. The van der Waals surface area contributed by atoms with Crippen LogP contribution in [0.4, 0.5) is 0 Å². The summed E-state index contributed by atoms with van der Waals surface area (Å²) in [7, 11) is 3.27. The van der Waals surface area contributed by atoms with Gasteiger partial charge in [0.05, 0.1) is 49.4 Å². The Bertz CT molecular complexity index is 1450. The molecular weight excluding hydrogens is 482 g/mol. The van der Waals surface area contributed by atoms with E-state index in [2.05, 4.69) is 27.2 Å². The highest BCUT2D eigenvalue weighted by molar-refractivity contribution is 6.37. The first kappa shape index (κ1) is 24.4. The minimum absolute atomic E-state index is 0.0894. The number of methoxy groups -OCH3 is 1. The van der Waals surface area contributed by atoms with Gasteiger partial charge < -0.3 is 19.3 Å². The Hall–Kier alpha value is -3.27. The second-order valence-electron chi connectivity index (χ2n) is 9.63. The van der Waals surface area contributed by atoms with Crippen LogP contribution in [0.15, 0.2) is 36.5 Å². The molecule has 188 valence electrons. The number of benzene rings is 1. The molecule has 1 aliphatic rings. The van der Waals surface area contributed by atoms with Gasteiger partial charge in [-0.25, -0.2) is 9.67 Å². The van der Waals surface area contributed by atoms with E-state index in [1.165, 1.54) is 7.11 Å². The van der Waals surface area contributed by atoms with Crippen molar-refractivity contribution in [1.82, 2.24) is 25.0 Å². The second-order valence-corrected chi connectivity index (χ2v) is 10.0. The third kappa shape index (κ3) is 3.97. The first-order valence-electron chi connectivity index (χ1n) is 11.6. The van der Waals surface area contributed by atoms with E-state index in [0.29, 0.717) is 69.9 Å². The van der Waals surface area contributed by atoms with Gasteiger partial charge in [0.2, 0.25) is 5.75 Å². The van der Waals surface area contributed by atoms with Gasteiger partial charge in [-0.05, 0) is 37.6 Å². The smallest absolute Gasteiger partial charge is 0.258 e. The van der Waals surface area contributed by atoms with Crippen molar-refractivity contribution < 1.29 is 19.3 Å². The summed E-state index contributed by atoms with van der Waals surface area (Å²) in [5, 5.41) is 21.4. The summed E-state index contributed by atoms with van der Waals surface area (Å²) in [6, 6.07) is 9.17. The van der Waals surface area contributed by atoms with Crippen LogP contribution in [0, 0.1) is 19.3 Å². The number of hydrogen-bond donors (Lipinski definition) is 1. The summed E-state index contributed by atoms with van der Waals surface area (Å²) in [6.45, 7) is 7.52. The van der Waals surface area contributed by atoms with Crippen molar-refractivity contribution in [2.75, 3.05) is 26.9 Å². The van der Waals surface area contributed by atoms with Gasteiger partial charge in [-0.1, -0.05) is 35.9 Å². The first-order chi connectivity index (χ1) is 17.2. The number of rotatable bonds is 7. The Morgan fingerprint density at radius 3 is 2.58 bits per heavy atom. The molecule has 1 aliphatic heterocycles. The fraction of sp³-hybridized carbons (Fsp3) is 0.385.